The molecule has 0 radical (unpaired) electrons. The van der Waals surface area contributed by atoms with Crippen LogP contribution in [0, 0.1) is 19.8 Å². The summed E-state index contributed by atoms with van der Waals surface area (Å²) in [5.74, 6) is 1.80. The maximum Gasteiger partial charge on any atom is 0.253 e. The van der Waals surface area contributed by atoms with Crippen LogP contribution in [-0.2, 0) is 4.74 Å². The maximum absolute atomic E-state index is 12.5. The highest BCUT2D eigenvalue weighted by Crippen LogP contribution is 2.24. The van der Waals surface area contributed by atoms with Crippen LogP contribution in [0.25, 0.3) is 5.69 Å². The average molecular weight is 385 g/mol. The van der Waals surface area contributed by atoms with Crippen molar-refractivity contribution in [3.63, 3.8) is 0 Å². The normalized spacial score (nSPS) is 15.1. The first kappa shape index (κ1) is 20.4. The largest absolute Gasteiger partial charge is 0.385 e. The molecule has 28 heavy (non-hydrogen) atoms. The van der Waals surface area contributed by atoms with Crippen molar-refractivity contribution >= 4 is 11.7 Å². The van der Waals surface area contributed by atoms with Crippen molar-refractivity contribution in [3.8, 4) is 5.69 Å². The number of carbonyl (C=O) groups excluding carboxylic acids is 1. The van der Waals surface area contributed by atoms with Gasteiger partial charge in [-0.25, -0.2) is 4.98 Å². The first-order valence-corrected chi connectivity index (χ1v) is 10.2. The quantitative estimate of drug-likeness (QED) is 0.743. The number of piperidine rings is 1. The lowest BCUT2D eigenvalue weighted by atomic mass is 9.99. The van der Waals surface area contributed by atoms with E-state index in [0.29, 0.717) is 18.7 Å². The number of aromatic nitrogens is 2. The molecule has 1 aliphatic rings. The summed E-state index contributed by atoms with van der Waals surface area (Å²) in [5, 5.41) is 2.97. The van der Waals surface area contributed by atoms with Gasteiger partial charge in [0.1, 0.15) is 5.82 Å². The zero-order valence-corrected chi connectivity index (χ0v) is 17.5. The molecule has 2 aromatic heterocycles. The molecule has 0 spiro atoms. The van der Waals surface area contributed by atoms with E-state index in [1.807, 2.05) is 26.1 Å². The van der Waals surface area contributed by atoms with E-state index in [0.717, 1.165) is 48.3 Å². The number of anilines is 1. The van der Waals surface area contributed by atoms with Gasteiger partial charge >= 0.3 is 0 Å². The summed E-state index contributed by atoms with van der Waals surface area (Å²) in [6.45, 7) is 9.72. The number of aryl methyl sites for hydroxylation is 1. The molecule has 0 bridgehead atoms. The first-order chi connectivity index (χ1) is 13.5. The Labute approximate surface area is 167 Å². The lowest BCUT2D eigenvalue weighted by Gasteiger charge is -2.31. The molecule has 0 aliphatic carbocycles. The minimum Gasteiger partial charge on any atom is -0.385 e. The van der Waals surface area contributed by atoms with Gasteiger partial charge in [0, 0.05) is 44.7 Å². The Morgan fingerprint density at radius 2 is 2.04 bits per heavy atom. The third-order valence-corrected chi connectivity index (χ3v) is 5.58. The number of hydrogen-bond donors (Lipinski definition) is 1. The van der Waals surface area contributed by atoms with E-state index < -0.39 is 0 Å². The third-order valence-electron chi connectivity index (χ3n) is 5.58. The molecular weight excluding hydrogens is 352 g/mol. The van der Waals surface area contributed by atoms with E-state index >= 15 is 0 Å². The van der Waals surface area contributed by atoms with Gasteiger partial charge in [-0.15, -0.1) is 0 Å². The fourth-order valence-electron chi connectivity index (χ4n) is 3.84. The monoisotopic (exact) mass is 384 g/mol. The van der Waals surface area contributed by atoms with E-state index in [2.05, 4.69) is 33.8 Å². The summed E-state index contributed by atoms with van der Waals surface area (Å²) in [5.41, 5.74) is 3.66. The molecule has 3 heterocycles. The SMILES string of the molecule is COCCCNC(=O)c1cc(C)n(-c2ccc(N3CCC(C)CC3)nc2)c1C. The molecule has 6 heteroatoms. The molecule has 1 amide bonds. The Morgan fingerprint density at radius 3 is 2.68 bits per heavy atom. The predicted octanol–water partition coefficient (Wildman–Crippen LogP) is 3.49. The molecule has 0 atom stereocenters. The molecule has 1 N–H and O–H groups in total. The second-order valence-electron chi connectivity index (χ2n) is 7.77. The molecule has 2 aromatic rings. The van der Waals surface area contributed by atoms with Gasteiger partial charge < -0.3 is 19.5 Å². The highest BCUT2D eigenvalue weighted by atomic mass is 16.5. The number of nitrogens with zero attached hydrogens (tertiary/aromatic N) is 3. The van der Waals surface area contributed by atoms with Gasteiger partial charge in [-0.1, -0.05) is 6.92 Å². The highest BCUT2D eigenvalue weighted by Gasteiger charge is 2.19. The van der Waals surface area contributed by atoms with Crippen molar-refractivity contribution in [1.82, 2.24) is 14.9 Å². The Morgan fingerprint density at radius 1 is 1.29 bits per heavy atom. The second kappa shape index (κ2) is 9.24. The Balaban J connectivity index is 1.73. The van der Waals surface area contributed by atoms with Crippen molar-refractivity contribution in [1.29, 1.82) is 0 Å². The van der Waals surface area contributed by atoms with E-state index in [9.17, 15) is 4.79 Å². The smallest absolute Gasteiger partial charge is 0.253 e. The molecular formula is C22H32N4O2. The van der Waals surface area contributed by atoms with E-state index in [-0.39, 0.29) is 5.91 Å². The number of hydrogen-bond acceptors (Lipinski definition) is 4. The predicted molar refractivity (Wildman–Crippen MR) is 112 cm³/mol. The number of amides is 1. The van der Waals surface area contributed by atoms with Gasteiger partial charge in [-0.3, -0.25) is 4.79 Å². The van der Waals surface area contributed by atoms with Crippen LogP contribution in [0.1, 0.15) is 47.9 Å². The van der Waals surface area contributed by atoms with Gasteiger partial charge in [-0.2, -0.15) is 0 Å². The molecule has 3 rings (SSSR count). The van der Waals surface area contributed by atoms with E-state index in [1.54, 1.807) is 7.11 Å². The third kappa shape index (κ3) is 4.55. The topological polar surface area (TPSA) is 59.4 Å². The highest BCUT2D eigenvalue weighted by molar-refractivity contribution is 5.95. The molecule has 1 fully saturated rings. The molecule has 0 aromatic carbocycles. The summed E-state index contributed by atoms with van der Waals surface area (Å²) in [6, 6.07) is 6.14. The summed E-state index contributed by atoms with van der Waals surface area (Å²) in [6.07, 6.45) is 5.17. The fraction of sp³-hybridized carbons (Fsp3) is 0.545. The van der Waals surface area contributed by atoms with Gasteiger partial charge in [0.25, 0.3) is 5.91 Å². The molecule has 152 valence electrons. The number of rotatable bonds is 7. The van der Waals surface area contributed by atoms with Gasteiger partial charge in [0.2, 0.25) is 0 Å². The Bertz CT molecular complexity index is 790. The van der Waals surface area contributed by atoms with Crippen LogP contribution in [0.3, 0.4) is 0 Å². The van der Waals surface area contributed by atoms with Crippen LogP contribution in [-0.4, -0.2) is 48.8 Å². The summed E-state index contributed by atoms with van der Waals surface area (Å²) >= 11 is 0. The number of pyridine rings is 1. The molecule has 1 aliphatic heterocycles. The second-order valence-corrected chi connectivity index (χ2v) is 7.77. The molecule has 0 unspecified atom stereocenters. The number of ether oxygens (including phenoxy) is 1. The summed E-state index contributed by atoms with van der Waals surface area (Å²) < 4.78 is 7.12. The molecule has 0 saturated carbocycles. The number of methoxy groups -OCH3 is 1. The summed E-state index contributed by atoms with van der Waals surface area (Å²) in [4.78, 5) is 19.6. The van der Waals surface area contributed by atoms with Crippen molar-refractivity contribution in [2.75, 3.05) is 38.3 Å². The van der Waals surface area contributed by atoms with Crippen LogP contribution in [0.5, 0.6) is 0 Å². The lowest BCUT2D eigenvalue weighted by molar-refractivity contribution is 0.0948. The maximum atomic E-state index is 12.5. The Hall–Kier alpha value is -2.34. The first-order valence-electron chi connectivity index (χ1n) is 10.2. The lowest BCUT2D eigenvalue weighted by Crippen LogP contribution is -2.33. The van der Waals surface area contributed by atoms with Crippen LogP contribution < -0.4 is 10.2 Å². The molecule has 6 nitrogen and oxygen atoms in total. The van der Waals surface area contributed by atoms with Crippen LogP contribution >= 0.6 is 0 Å². The summed E-state index contributed by atoms with van der Waals surface area (Å²) in [7, 11) is 1.67. The fourth-order valence-corrected chi connectivity index (χ4v) is 3.84. The van der Waals surface area contributed by atoms with Crippen LogP contribution in [0.15, 0.2) is 24.4 Å². The van der Waals surface area contributed by atoms with Crippen LogP contribution in [0.2, 0.25) is 0 Å². The van der Waals surface area contributed by atoms with Crippen molar-refractivity contribution < 1.29 is 9.53 Å². The standard InChI is InChI=1S/C22H32N4O2/c1-16-8-11-25(12-9-16)21-7-6-19(15-24-21)26-17(2)14-20(18(26)3)22(27)23-10-5-13-28-4/h6-7,14-16H,5,8-13H2,1-4H3,(H,23,27). The Kier molecular flexibility index (Phi) is 6.73. The van der Waals surface area contributed by atoms with E-state index in [1.165, 1.54) is 12.8 Å². The number of nitrogens with one attached hydrogen (secondary N) is 1. The molecule has 1 saturated heterocycles. The van der Waals surface area contributed by atoms with Crippen molar-refractivity contribution in [2.45, 2.75) is 40.0 Å². The minimum absolute atomic E-state index is 0.0394. The van der Waals surface area contributed by atoms with Gasteiger partial charge in [0.05, 0.1) is 17.4 Å². The van der Waals surface area contributed by atoms with Crippen LogP contribution in [0.4, 0.5) is 5.82 Å². The van der Waals surface area contributed by atoms with Gasteiger partial charge in [-0.05, 0) is 57.2 Å². The zero-order chi connectivity index (χ0) is 20.1. The minimum atomic E-state index is -0.0394. The zero-order valence-electron chi connectivity index (χ0n) is 17.5. The van der Waals surface area contributed by atoms with Crippen molar-refractivity contribution in [3.05, 3.63) is 41.3 Å². The average Bonchev–Trinajstić information content (AvgIpc) is 3.00. The van der Waals surface area contributed by atoms with Gasteiger partial charge in [0.15, 0.2) is 0 Å². The van der Waals surface area contributed by atoms with E-state index in [4.69, 9.17) is 9.72 Å². The number of carbonyl (C=O) groups is 1. The van der Waals surface area contributed by atoms with Crippen molar-refractivity contribution in [2.24, 2.45) is 5.92 Å².